The Bertz CT molecular complexity index is 815. The normalized spacial score (nSPS) is 22.2. The van der Waals surface area contributed by atoms with Gasteiger partial charge in [-0.2, -0.15) is 0 Å². The number of carbonyl (C=O) groups is 2. The van der Waals surface area contributed by atoms with Crippen LogP contribution in [0.1, 0.15) is 12.0 Å². The van der Waals surface area contributed by atoms with Gasteiger partial charge in [-0.3, -0.25) is 4.79 Å². The minimum absolute atomic E-state index is 0.154. The van der Waals surface area contributed by atoms with Gasteiger partial charge in [0.25, 0.3) is 5.91 Å². The molecule has 2 atom stereocenters. The number of nitrogens with zero attached hydrogens (tertiary/aromatic N) is 2. The topological polar surface area (TPSA) is 49.9 Å². The summed E-state index contributed by atoms with van der Waals surface area (Å²) < 4.78 is 5.89. The van der Waals surface area contributed by atoms with Crippen LogP contribution in [-0.2, 0) is 16.1 Å². The van der Waals surface area contributed by atoms with Crippen molar-refractivity contribution >= 4 is 40.8 Å². The molecule has 0 N–H and O–H groups in total. The van der Waals surface area contributed by atoms with Crippen molar-refractivity contribution in [2.24, 2.45) is 0 Å². The average molecular weight is 391 g/mol. The molecule has 134 valence electrons. The monoisotopic (exact) mass is 390 g/mol. The molecule has 0 spiro atoms. The van der Waals surface area contributed by atoms with Gasteiger partial charge in [-0.25, -0.2) is 9.69 Å². The standard InChI is InChI=1S/C19H16Cl2N2O3/c20-13-6-14(21)8-15(7-13)23-18(24)17-9-16(10-22(17)19(23)25)26-11-12-4-2-1-3-5-12/h1-8,16-17H,9-11H2/t16-,17-/m0/s1. The van der Waals surface area contributed by atoms with Crippen molar-refractivity contribution in [1.82, 2.24) is 4.90 Å². The molecule has 5 nitrogen and oxygen atoms in total. The van der Waals surface area contributed by atoms with Gasteiger partial charge in [0.2, 0.25) is 0 Å². The number of urea groups is 1. The molecule has 2 aromatic rings. The molecule has 2 aromatic carbocycles. The Balaban J connectivity index is 1.46. The van der Waals surface area contributed by atoms with E-state index in [1.165, 1.54) is 0 Å². The van der Waals surface area contributed by atoms with Crippen LogP contribution < -0.4 is 4.90 Å². The van der Waals surface area contributed by atoms with Gasteiger partial charge in [-0.1, -0.05) is 53.5 Å². The minimum atomic E-state index is -0.499. The third-order valence-electron chi connectivity index (χ3n) is 4.64. The van der Waals surface area contributed by atoms with Gasteiger partial charge in [0.05, 0.1) is 18.4 Å². The summed E-state index contributed by atoms with van der Waals surface area (Å²) in [6.07, 6.45) is 0.334. The van der Waals surface area contributed by atoms with E-state index in [4.69, 9.17) is 27.9 Å². The summed E-state index contributed by atoms with van der Waals surface area (Å²) in [7, 11) is 0. The van der Waals surface area contributed by atoms with Crippen LogP contribution in [0.5, 0.6) is 0 Å². The Hall–Kier alpha value is -2.08. The number of anilines is 1. The van der Waals surface area contributed by atoms with E-state index < -0.39 is 6.04 Å². The number of benzene rings is 2. The summed E-state index contributed by atoms with van der Waals surface area (Å²) in [5.41, 5.74) is 1.46. The van der Waals surface area contributed by atoms with Crippen LogP contribution in [0.2, 0.25) is 10.0 Å². The molecule has 0 bridgehead atoms. The molecule has 0 saturated carbocycles. The van der Waals surface area contributed by atoms with Crippen LogP contribution in [0.15, 0.2) is 48.5 Å². The van der Waals surface area contributed by atoms with Crippen LogP contribution in [0, 0.1) is 0 Å². The summed E-state index contributed by atoms with van der Waals surface area (Å²) in [5, 5.41) is 0.758. The van der Waals surface area contributed by atoms with E-state index in [2.05, 4.69) is 0 Å². The molecule has 4 rings (SSSR count). The Labute approximate surface area is 161 Å². The van der Waals surface area contributed by atoms with Crippen LogP contribution in [-0.4, -0.2) is 35.5 Å². The zero-order valence-corrected chi connectivity index (χ0v) is 15.3. The predicted octanol–water partition coefficient (Wildman–Crippen LogP) is 4.12. The first-order chi connectivity index (χ1) is 12.5. The second-order valence-electron chi connectivity index (χ2n) is 6.41. The first-order valence-corrected chi connectivity index (χ1v) is 9.05. The highest BCUT2D eigenvalue weighted by atomic mass is 35.5. The van der Waals surface area contributed by atoms with Gasteiger partial charge in [0.1, 0.15) is 6.04 Å². The molecule has 0 unspecified atom stereocenters. The van der Waals surface area contributed by atoms with Crippen molar-refractivity contribution in [2.75, 3.05) is 11.4 Å². The maximum atomic E-state index is 12.8. The number of hydrogen-bond donors (Lipinski definition) is 0. The lowest BCUT2D eigenvalue weighted by Gasteiger charge is -2.18. The third kappa shape index (κ3) is 3.18. The fraction of sp³-hybridized carbons (Fsp3) is 0.263. The van der Waals surface area contributed by atoms with Crippen LogP contribution in [0.3, 0.4) is 0 Å². The van der Waals surface area contributed by atoms with E-state index in [0.29, 0.717) is 35.3 Å². The molecular weight excluding hydrogens is 375 g/mol. The SMILES string of the molecule is O=C1[C@@H]2C[C@H](OCc3ccccc3)CN2C(=O)N1c1cc(Cl)cc(Cl)c1. The molecular formula is C19H16Cl2N2O3. The molecule has 2 aliphatic rings. The summed E-state index contributed by atoms with van der Waals surface area (Å²) in [6.45, 7) is 0.856. The molecule has 2 aliphatic heterocycles. The van der Waals surface area contributed by atoms with Gasteiger partial charge in [-0.15, -0.1) is 0 Å². The highest BCUT2D eigenvalue weighted by Gasteiger charge is 2.51. The Morgan fingerprint density at radius 2 is 1.73 bits per heavy atom. The third-order valence-corrected chi connectivity index (χ3v) is 5.08. The van der Waals surface area contributed by atoms with Crippen molar-refractivity contribution < 1.29 is 14.3 Å². The van der Waals surface area contributed by atoms with Crippen molar-refractivity contribution in [1.29, 1.82) is 0 Å². The summed E-state index contributed by atoms with van der Waals surface area (Å²) >= 11 is 12.0. The van der Waals surface area contributed by atoms with Gasteiger partial charge < -0.3 is 9.64 Å². The predicted molar refractivity (Wildman–Crippen MR) is 99.5 cm³/mol. The number of imide groups is 1. The maximum absolute atomic E-state index is 12.8. The fourth-order valence-electron chi connectivity index (χ4n) is 3.43. The lowest BCUT2D eigenvalue weighted by molar-refractivity contribution is -0.119. The van der Waals surface area contributed by atoms with E-state index in [1.807, 2.05) is 30.3 Å². The van der Waals surface area contributed by atoms with Gasteiger partial charge in [0.15, 0.2) is 0 Å². The van der Waals surface area contributed by atoms with E-state index in [0.717, 1.165) is 10.5 Å². The minimum Gasteiger partial charge on any atom is -0.372 e. The first-order valence-electron chi connectivity index (χ1n) is 8.29. The number of amides is 3. The number of hydrogen-bond acceptors (Lipinski definition) is 3. The Kier molecular flexibility index (Phi) is 4.61. The molecule has 0 radical (unpaired) electrons. The largest absolute Gasteiger partial charge is 0.372 e. The first kappa shape index (κ1) is 17.3. The van der Waals surface area contributed by atoms with Crippen LogP contribution in [0.4, 0.5) is 10.5 Å². The second-order valence-corrected chi connectivity index (χ2v) is 7.28. The molecule has 0 aromatic heterocycles. The lowest BCUT2D eigenvalue weighted by Crippen LogP contribution is -2.35. The lowest BCUT2D eigenvalue weighted by atomic mass is 10.1. The second kappa shape index (κ2) is 6.91. The average Bonchev–Trinajstić information content (AvgIpc) is 3.13. The van der Waals surface area contributed by atoms with Gasteiger partial charge in [0, 0.05) is 23.0 Å². The maximum Gasteiger partial charge on any atom is 0.332 e. The van der Waals surface area contributed by atoms with Crippen LogP contribution >= 0.6 is 23.2 Å². The molecule has 2 heterocycles. The number of ether oxygens (including phenoxy) is 1. The number of rotatable bonds is 4. The molecule has 0 aliphatic carbocycles. The zero-order chi connectivity index (χ0) is 18.3. The fourth-order valence-corrected chi connectivity index (χ4v) is 3.94. The van der Waals surface area contributed by atoms with Crippen molar-refractivity contribution in [3.63, 3.8) is 0 Å². The van der Waals surface area contributed by atoms with E-state index in [-0.39, 0.29) is 18.0 Å². The summed E-state index contributed by atoms with van der Waals surface area (Å²) in [5.74, 6) is -0.265. The van der Waals surface area contributed by atoms with Crippen LogP contribution in [0.25, 0.3) is 0 Å². The number of carbonyl (C=O) groups excluding carboxylic acids is 2. The number of halogens is 2. The smallest absolute Gasteiger partial charge is 0.332 e. The number of fused-ring (bicyclic) bond motifs is 1. The molecule has 2 saturated heterocycles. The highest BCUT2D eigenvalue weighted by Crippen LogP contribution is 2.35. The van der Waals surface area contributed by atoms with Crippen molar-refractivity contribution in [3.8, 4) is 0 Å². The highest BCUT2D eigenvalue weighted by molar-refractivity contribution is 6.35. The molecule has 7 heteroatoms. The molecule has 2 fully saturated rings. The quantitative estimate of drug-likeness (QED) is 0.737. The Morgan fingerprint density at radius 3 is 2.38 bits per heavy atom. The zero-order valence-electron chi connectivity index (χ0n) is 13.8. The van der Waals surface area contributed by atoms with E-state index in [9.17, 15) is 9.59 Å². The molecule has 26 heavy (non-hydrogen) atoms. The summed E-state index contributed by atoms with van der Waals surface area (Å²) in [4.78, 5) is 28.2. The van der Waals surface area contributed by atoms with Gasteiger partial charge in [-0.05, 0) is 23.8 Å². The summed E-state index contributed by atoms with van der Waals surface area (Å²) in [6, 6.07) is 13.6. The van der Waals surface area contributed by atoms with Crippen molar-refractivity contribution in [2.45, 2.75) is 25.2 Å². The van der Waals surface area contributed by atoms with Crippen molar-refractivity contribution in [3.05, 3.63) is 64.1 Å². The molecule has 3 amide bonds. The van der Waals surface area contributed by atoms with Gasteiger partial charge >= 0.3 is 6.03 Å². The Morgan fingerprint density at radius 1 is 1.04 bits per heavy atom. The van der Waals surface area contributed by atoms with E-state index in [1.54, 1.807) is 23.1 Å². The van der Waals surface area contributed by atoms with E-state index >= 15 is 0 Å².